The molecule has 6 nitrogen and oxygen atoms in total. The molecule has 1 fully saturated rings. The molecule has 0 aromatic carbocycles. The van der Waals surface area contributed by atoms with Gasteiger partial charge in [0, 0.05) is 12.6 Å². The van der Waals surface area contributed by atoms with Crippen LogP contribution in [0, 0.1) is 0 Å². The van der Waals surface area contributed by atoms with Crippen molar-refractivity contribution in [1.29, 1.82) is 0 Å². The Hall–Kier alpha value is -1.30. The fraction of sp³-hybridized carbons (Fsp3) is 0.778. The Labute approximate surface area is 88.7 Å². The molecule has 1 amide bonds. The number of ether oxygens (including phenoxy) is 1. The molecule has 1 aliphatic rings. The highest BCUT2D eigenvalue weighted by molar-refractivity contribution is 5.75. The van der Waals surface area contributed by atoms with E-state index in [9.17, 15) is 4.79 Å². The second kappa shape index (κ2) is 5.55. The molecule has 86 valence electrons. The van der Waals surface area contributed by atoms with Crippen LogP contribution in [0.1, 0.15) is 19.8 Å². The van der Waals surface area contributed by atoms with E-state index in [0.717, 1.165) is 6.42 Å². The number of nitrogens with two attached hydrogens (primary N) is 1. The van der Waals surface area contributed by atoms with Crippen LogP contribution in [0.15, 0.2) is 5.16 Å². The van der Waals surface area contributed by atoms with Gasteiger partial charge in [0.05, 0.1) is 18.9 Å². The molecule has 0 saturated carbocycles. The summed E-state index contributed by atoms with van der Waals surface area (Å²) in [5.74, 6) is 0. The van der Waals surface area contributed by atoms with Gasteiger partial charge in [-0.15, -0.1) is 0 Å². The lowest BCUT2D eigenvalue weighted by atomic mass is 9.99. The first kappa shape index (κ1) is 11.8. The van der Waals surface area contributed by atoms with E-state index in [2.05, 4.69) is 5.16 Å². The average Bonchev–Trinajstić information content (AvgIpc) is 2.18. The number of oxime groups is 1. The molecule has 2 atom stereocenters. The first-order chi connectivity index (χ1) is 7.19. The van der Waals surface area contributed by atoms with Gasteiger partial charge in [-0.25, -0.2) is 4.79 Å². The zero-order valence-electron chi connectivity index (χ0n) is 8.80. The highest BCUT2D eigenvalue weighted by Gasteiger charge is 2.29. The fourth-order valence-corrected chi connectivity index (χ4v) is 1.68. The normalized spacial score (nSPS) is 26.9. The van der Waals surface area contributed by atoms with E-state index in [1.54, 1.807) is 6.92 Å². The summed E-state index contributed by atoms with van der Waals surface area (Å²) in [4.78, 5) is 13.0. The number of amides is 1. The lowest BCUT2D eigenvalue weighted by molar-refractivity contribution is 0.0878. The maximum absolute atomic E-state index is 11.5. The summed E-state index contributed by atoms with van der Waals surface area (Å²) in [7, 11) is 0. The zero-order valence-corrected chi connectivity index (χ0v) is 8.80. The van der Waals surface area contributed by atoms with Crippen molar-refractivity contribution in [2.24, 2.45) is 10.9 Å². The third kappa shape index (κ3) is 3.09. The molecule has 0 bridgehead atoms. The highest BCUT2D eigenvalue weighted by Crippen LogP contribution is 2.16. The van der Waals surface area contributed by atoms with E-state index in [0.29, 0.717) is 19.6 Å². The van der Waals surface area contributed by atoms with Crippen LogP contribution < -0.4 is 5.73 Å². The molecule has 1 heterocycles. The molecule has 1 aliphatic heterocycles. The molecule has 1 rings (SSSR count). The van der Waals surface area contributed by atoms with Gasteiger partial charge in [0.15, 0.2) is 0 Å². The first-order valence-electron chi connectivity index (χ1n) is 5.05. The summed E-state index contributed by atoms with van der Waals surface area (Å²) in [6, 6.07) is -0.225. The van der Waals surface area contributed by atoms with Crippen molar-refractivity contribution in [2.45, 2.75) is 31.8 Å². The number of likely N-dealkylation sites (tertiary alicyclic amines) is 1. The van der Waals surface area contributed by atoms with Crippen molar-refractivity contribution in [3.8, 4) is 0 Å². The number of rotatable bonds is 2. The topological polar surface area (TPSA) is 88.2 Å². The molecule has 0 aromatic rings. The van der Waals surface area contributed by atoms with Gasteiger partial charge in [0.2, 0.25) is 0 Å². The molecule has 2 unspecified atom stereocenters. The maximum Gasteiger partial charge on any atom is 0.410 e. The smallest absolute Gasteiger partial charge is 0.410 e. The molecule has 1 saturated heterocycles. The minimum Gasteiger partial charge on any atom is -0.450 e. The summed E-state index contributed by atoms with van der Waals surface area (Å²) in [5, 5.41) is 11.4. The monoisotopic (exact) mass is 215 g/mol. The Bertz CT molecular complexity index is 245. The third-order valence-corrected chi connectivity index (χ3v) is 2.43. The molecule has 6 heteroatoms. The van der Waals surface area contributed by atoms with Gasteiger partial charge < -0.3 is 15.7 Å². The molecule has 0 radical (unpaired) electrons. The number of hydrogen-bond donors (Lipinski definition) is 2. The minimum atomic E-state index is -0.380. The zero-order chi connectivity index (χ0) is 11.3. The van der Waals surface area contributed by atoms with Crippen molar-refractivity contribution in [3.63, 3.8) is 0 Å². The molecule has 3 N–H and O–H groups in total. The van der Waals surface area contributed by atoms with Crippen molar-refractivity contribution in [1.82, 2.24) is 4.90 Å². The number of nitrogens with zero attached hydrogens (tertiary/aromatic N) is 2. The number of carbonyl (C=O) groups is 1. The van der Waals surface area contributed by atoms with Crippen LogP contribution >= 0.6 is 0 Å². The van der Waals surface area contributed by atoms with Gasteiger partial charge >= 0.3 is 6.09 Å². The van der Waals surface area contributed by atoms with Gasteiger partial charge in [-0.05, 0) is 19.8 Å². The van der Waals surface area contributed by atoms with E-state index >= 15 is 0 Å². The van der Waals surface area contributed by atoms with Crippen LogP contribution in [0.25, 0.3) is 0 Å². The lowest BCUT2D eigenvalue weighted by Crippen LogP contribution is -2.50. The van der Waals surface area contributed by atoms with Crippen LogP contribution in [-0.4, -0.2) is 47.7 Å². The van der Waals surface area contributed by atoms with Crippen LogP contribution in [0.2, 0.25) is 0 Å². The van der Waals surface area contributed by atoms with E-state index in [1.165, 1.54) is 11.1 Å². The van der Waals surface area contributed by atoms with Crippen molar-refractivity contribution < 1.29 is 14.7 Å². The van der Waals surface area contributed by atoms with Gasteiger partial charge in [0.25, 0.3) is 0 Å². The molecule has 0 aromatic heterocycles. The molecule has 0 spiro atoms. The quantitative estimate of drug-likeness (QED) is 0.396. The second-order valence-corrected chi connectivity index (χ2v) is 3.51. The van der Waals surface area contributed by atoms with Crippen LogP contribution in [0.3, 0.4) is 0 Å². The highest BCUT2D eigenvalue weighted by atomic mass is 16.6. The molecule has 0 aliphatic carbocycles. The van der Waals surface area contributed by atoms with E-state index < -0.39 is 0 Å². The Morgan fingerprint density at radius 1 is 1.80 bits per heavy atom. The summed E-state index contributed by atoms with van der Waals surface area (Å²) >= 11 is 0. The first-order valence-corrected chi connectivity index (χ1v) is 5.05. The Morgan fingerprint density at radius 2 is 2.53 bits per heavy atom. The Morgan fingerprint density at radius 3 is 3.13 bits per heavy atom. The van der Waals surface area contributed by atoms with Crippen molar-refractivity contribution in [2.75, 3.05) is 13.2 Å². The van der Waals surface area contributed by atoms with Gasteiger partial charge in [-0.1, -0.05) is 5.16 Å². The summed E-state index contributed by atoms with van der Waals surface area (Å²) < 4.78 is 4.90. The molecule has 15 heavy (non-hydrogen) atoms. The van der Waals surface area contributed by atoms with Crippen molar-refractivity contribution in [3.05, 3.63) is 0 Å². The van der Waals surface area contributed by atoms with Crippen molar-refractivity contribution >= 4 is 12.3 Å². The molecular formula is C9H17N3O3. The maximum atomic E-state index is 11.5. The second-order valence-electron chi connectivity index (χ2n) is 3.51. The summed E-state index contributed by atoms with van der Waals surface area (Å²) in [5.41, 5.74) is 5.77. The Balaban J connectivity index is 2.63. The van der Waals surface area contributed by atoms with Crippen LogP contribution in [0.4, 0.5) is 4.79 Å². The fourth-order valence-electron chi connectivity index (χ4n) is 1.68. The molecular weight excluding hydrogens is 198 g/mol. The number of hydrogen-bond acceptors (Lipinski definition) is 5. The van der Waals surface area contributed by atoms with E-state index in [1.807, 2.05) is 0 Å². The SMILES string of the molecule is CCOC(=O)N1CCC(N)CC1C=NO. The average molecular weight is 215 g/mol. The summed E-state index contributed by atoms with van der Waals surface area (Å²) in [6.07, 6.45) is 2.28. The van der Waals surface area contributed by atoms with Crippen LogP contribution in [-0.2, 0) is 4.74 Å². The van der Waals surface area contributed by atoms with E-state index in [-0.39, 0.29) is 18.2 Å². The lowest BCUT2D eigenvalue weighted by Gasteiger charge is -2.35. The predicted molar refractivity (Wildman–Crippen MR) is 55.0 cm³/mol. The van der Waals surface area contributed by atoms with Gasteiger partial charge in [0.1, 0.15) is 0 Å². The van der Waals surface area contributed by atoms with Crippen LogP contribution in [0.5, 0.6) is 0 Å². The predicted octanol–water partition coefficient (Wildman–Crippen LogP) is 0.395. The Kier molecular flexibility index (Phi) is 4.36. The largest absolute Gasteiger partial charge is 0.450 e. The van der Waals surface area contributed by atoms with Gasteiger partial charge in [-0.2, -0.15) is 0 Å². The van der Waals surface area contributed by atoms with E-state index in [4.69, 9.17) is 15.7 Å². The number of carbonyl (C=O) groups excluding carboxylic acids is 1. The summed E-state index contributed by atoms with van der Waals surface area (Å²) in [6.45, 7) is 2.63. The minimum absolute atomic E-state index is 0.0404. The standard InChI is InChI=1S/C9H17N3O3/c1-2-15-9(13)12-4-3-7(10)5-8(12)6-11-14/h6-8,14H,2-5,10H2,1H3. The third-order valence-electron chi connectivity index (χ3n) is 2.43. The van der Waals surface area contributed by atoms with Gasteiger partial charge in [-0.3, -0.25) is 4.90 Å². The number of piperidine rings is 1.